The van der Waals surface area contributed by atoms with Gasteiger partial charge in [-0.2, -0.15) is 0 Å². The van der Waals surface area contributed by atoms with Crippen LogP contribution in [-0.2, 0) is 0 Å². The molecule has 0 rings (SSSR count). The van der Waals surface area contributed by atoms with Gasteiger partial charge in [0, 0.05) is 0 Å². The largest absolute Gasteiger partial charge is 0.516 e. The molecule has 0 amide bonds. The van der Waals surface area contributed by atoms with E-state index in [-0.39, 0.29) is 6.10 Å². The van der Waals surface area contributed by atoms with Crippen molar-refractivity contribution in [2.45, 2.75) is 25.9 Å². The number of rotatable bonds is 3. The van der Waals surface area contributed by atoms with E-state index in [1.807, 2.05) is 0 Å². The Labute approximate surface area is 49.5 Å². The predicted molar refractivity (Wildman–Crippen MR) is 32.7 cm³/mol. The van der Waals surface area contributed by atoms with Gasteiger partial charge in [-0.1, -0.05) is 6.08 Å². The molecule has 0 aliphatic heterocycles. The van der Waals surface area contributed by atoms with Gasteiger partial charge in [-0.15, -0.1) is 0 Å². The van der Waals surface area contributed by atoms with Crippen LogP contribution in [0.1, 0.15) is 19.8 Å². The fourth-order valence-corrected chi connectivity index (χ4v) is 0.412. The van der Waals surface area contributed by atoms with Crippen LogP contribution >= 0.6 is 0 Å². The van der Waals surface area contributed by atoms with Crippen molar-refractivity contribution in [3.8, 4) is 0 Å². The van der Waals surface area contributed by atoms with E-state index in [4.69, 9.17) is 10.2 Å². The minimum absolute atomic E-state index is 0.258. The first kappa shape index (κ1) is 7.50. The first-order valence-corrected chi connectivity index (χ1v) is 2.74. The van der Waals surface area contributed by atoms with Gasteiger partial charge in [0.25, 0.3) is 0 Å². The zero-order valence-corrected chi connectivity index (χ0v) is 5.04. The van der Waals surface area contributed by atoms with Crippen molar-refractivity contribution < 1.29 is 10.2 Å². The lowest BCUT2D eigenvalue weighted by molar-refractivity contribution is 0.185. The highest BCUT2D eigenvalue weighted by molar-refractivity contribution is 4.71. The summed E-state index contributed by atoms with van der Waals surface area (Å²) < 4.78 is 0. The van der Waals surface area contributed by atoms with E-state index in [9.17, 15) is 0 Å². The summed E-state index contributed by atoms with van der Waals surface area (Å²) in [5.41, 5.74) is 0. The molecule has 1 unspecified atom stereocenters. The maximum atomic E-state index is 8.66. The summed E-state index contributed by atoms with van der Waals surface area (Å²) in [5.74, 6) is 0. The Morgan fingerprint density at radius 3 is 2.62 bits per heavy atom. The van der Waals surface area contributed by atoms with Crippen molar-refractivity contribution in [3.63, 3.8) is 0 Å². The summed E-state index contributed by atoms with van der Waals surface area (Å²) in [4.78, 5) is 0. The van der Waals surface area contributed by atoms with Gasteiger partial charge >= 0.3 is 0 Å². The number of allylic oxidation sites excluding steroid dienone is 1. The Balaban J connectivity index is 2.93. The molecule has 0 aliphatic carbocycles. The normalized spacial score (nSPS) is 14.8. The van der Waals surface area contributed by atoms with Gasteiger partial charge in [-0.25, -0.2) is 0 Å². The average Bonchev–Trinajstić information content (AvgIpc) is 1.66. The minimum Gasteiger partial charge on any atom is -0.516 e. The average molecular weight is 116 g/mol. The van der Waals surface area contributed by atoms with Gasteiger partial charge in [0.05, 0.1) is 12.4 Å². The lowest BCUT2D eigenvalue weighted by atomic mass is 10.2. The number of aliphatic hydroxyl groups is 2. The fourth-order valence-electron chi connectivity index (χ4n) is 0.412. The Kier molecular flexibility index (Phi) is 4.36. The highest BCUT2D eigenvalue weighted by Crippen LogP contribution is 1.94. The lowest BCUT2D eigenvalue weighted by Crippen LogP contribution is -1.96. The van der Waals surface area contributed by atoms with E-state index in [2.05, 4.69) is 0 Å². The fraction of sp³-hybridized carbons (Fsp3) is 0.667. The summed E-state index contributed by atoms with van der Waals surface area (Å²) in [6.45, 7) is 1.73. The number of aliphatic hydroxyl groups excluding tert-OH is 2. The number of hydrogen-bond donors (Lipinski definition) is 2. The van der Waals surface area contributed by atoms with Crippen molar-refractivity contribution in [2.24, 2.45) is 0 Å². The van der Waals surface area contributed by atoms with E-state index in [1.54, 1.807) is 13.0 Å². The quantitative estimate of drug-likeness (QED) is 0.544. The van der Waals surface area contributed by atoms with Crippen LogP contribution in [0.2, 0.25) is 0 Å². The molecule has 2 nitrogen and oxygen atoms in total. The van der Waals surface area contributed by atoms with Crippen LogP contribution < -0.4 is 0 Å². The van der Waals surface area contributed by atoms with Gasteiger partial charge in [0.1, 0.15) is 0 Å². The van der Waals surface area contributed by atoms with Gasteiger partial charge in [0.15, 0.2) is 0 Å². The summed E-state index contributed by atoms with van der Waals surface area (Å²) in [6, 6.07) is 0. The molecule has 48 valence electrons. The zero-order valence-electron chi connectivity index (χ0n) is 5.04. The highest BCUT2D eigenvalue weighted by atomic mass is 16.3. The van der Waals surface area contributed by atoms with Gasteiger partial charge in [-0.3, -0.25) is 0 Å². The molecule has 2 heteroatoms. The van der Waals surface area contributed by atoms with Crippen LogP contribution in [0.3, 0.4) is 0 Å². The smallest absolute Gasteiger partial charge is 0.0751 e. The zero-order chi connectivity index (χ0) is 6.41. The summed E-state index contributed by atoms with van der Waals surface area (Å²) in [7, 11) is 0. The third-order valence-electron chi connectivity index (χ3n) is 0.857. The van der Waals surface area contributed by atoms with Crippen molar-refractivity contribution >= 4 is 0 Å². The van der Waals surface area contributed by atoms with Crippen molar-refractivity contribution in [1.29, 1.82) is 0 Å². The maximum absolute atomic E-state index is 8.66. The molecule has 2 N–H and O–H groups in total. The summed E-state index contributed by atoms with van der Waals surface area (Å²) >= 11 is 0. The predicted octanol–water partition coefficient (Wildman–Crippen LogP) is 1.22. The molecule has 0 aliphatic rings. The van der Waals surface area contributed by atoms with Gasteiger partial charge in [-0.05, 0) is 19.8 Å². The molecular weight excluding hydrogens is 104 g/mol. The van der Waals surface area contributed by atoms with Crippen LogP contribution in [0.4, 0.5) is 0 Å². The second-order valence-corrected chi connectivity index (χ2v) is 1.81. The molecular formula is C6H12O2. The summed E-state index contributed by atoms with van der Waals surface area (Å²) in [6.07, 6.45) is 3.83. The van der Waals surface area contributed by atoms with E-state index in [1.165, 1.54) is 0 Å². The Hall–Kier alpha value is -0.500. The molecule has 0 heterocycles. The Morgan fingerprint density at radius 1 is 1.62 bits per heavy atom. The van der Waals surface area contributed by atoms with Crippen LogP contribution in [0.25, 0.3) is 0 Å². The van der Waals surface area contributed by atoms with Crippen LogP contribution in [0, 0.1) is 0 Å². The topological polar surface area (TPSA) is 40.5 Å². The van der Waals surface area contributed by atoms with Crippen LogP contribution in [0.5, 0.6) is 0 Å². The molecule has 0 aromatic carbocycles. The number of hydrogen-bond acceptors (Lipinski definition) is 2. The first-order valence-electron chi connectivity index (χ1n) is 2.74. The first-order chi connectivity index (χ1) is 3.77. The Bertz CT molecular complexity index is 66.9. The molecule has 0 bridgehead atoms. The second kappa shape index (κ2) is 4.65. The van der Waals surface area contributed by atoms with Crippen molar-refractivity contribution in [3.05, 3.63) is 12.3 Å². The summed E-state index contributed by atoms with van der Waals surface area (Å²) in [5, 5.41) is 16.8. The van der Waals surface area contributed by atoms with E-state index < -0.39 is 0 Å². The SMILES string of the molecule is CC(O)CCC=CO. The lowest BCUT2D eigenvalue weighted by Gasteiger charge is -1.96. The maximum Gasteiger partial charge on any atom is 0.0751 e. The molecule has 0 saturated carbocycles. The van der Waals surface area contributed by atoms with Crippen molar-refractivity contribution in [2.75, 3.05) is 0 Å². The van der Waals surface area contributed by atoms with Crippen LogP contribution in [-0.4, -0.2) is 16.3 Å². The molecule has 0 saturated heterocycles. The Morgan fingerprint density at radius 2 is 2.25 bits per heavy atom. The molecule has 1 atom stereocenters. The molecule has 8 heavy (non-hydrogen) atoms. The molecule has 0 radical (unpaired) electrons. The standard InChI is InChI=1S/C6H12O2/c1-6(8)4-2-3-5-7/h3,5-8H,2,4H2,1H3. The molecule has 0 spiro atoms. The molecule has 0 fully saturated rings. The third kappa shape index (κ3) is 5.50. The monoisotopic (exact) mass is 116 g/mol. The van der Waals surface area contributed by atoms with E-state index in [0.29, 0.717) is 0 Å². The molecule has 0 aromatic rings. The highest BCUT2D eigenvalue weighted by Gasteiger charge is 1.89. The minimum atomic E-state index is -0.258. The molecule has 0 aromatic heterocycles. The van der Waals surface area contributed by atoms with Crippen LogP contribution in [0.15, 0.2) is 12.3 Å². The van der Waals surface area contributed by atoms with E-state index >= 15 is 0 Å². The van der Waals surface area contributed by atoms with Crippen molar-refractivity contribution in [1.82, 2.24) is 0 Å². The van der Waals surface area contributed by atoms with Gasteiger partial charge in [0.2, 0.25) is 0 Å². The van der Waals surface area contributed by atoms with E-state index in [0.717, 1.165) is 19.1 Å². The van der Waals surface area contributed by atoms with Gasteiger partial charge < -0.3 is 10.2 Å². The second-order valence-electron chi connectivity index (χ2n) is 1.81. The third-order valence-corrected chi connectivity index (χ3v) is 0.857.